The fraction of sp³-hybridized carbons (Fsp3) is 0. The second-order valence-corrected chi connectivity index (χ2v) is 8.17. The smallest absolute Gasteiger partial charge is 0.147 e. The molecule has 0 heterocycles. The summed E-state index contributed by atoms with van der Waals surface area (Å²) in [6.45, 7) is 0. The van der Waals surface area contributed by atoms with Crippen LogP contribution in [0.25, 0.3) is 11.1 Å². The molecule has 0 aliphatic carbocycles. The second kappa shape index (κ2) is 10.5. The number of hydrogen-bond donors (Lipinski definition) is 0. The molecule has 170 valence electrons. The van der Waals surface area contributed by atoms with Gasteiger partial charge in [0, 0.05) is 12.1 Å². The average Bonchev–Trinajstić information content (AvgIpc) is 2.91. The minimum atomic E-state index is 0.182. The maximum atomic E-state index is 9.21. The van der Waals surface area contributed by atoms with E-state index in [1.165, 1.54) is 24.3 Å². The number of ether oxygens (including phenoxy) is 2. The van der Waals surface area contributed by atoms with E-state index in [0.717, 1.165) is 11.1 Å². The van der Waals surface area contributed by atoms with Gasteiger partial charge in [0.15, 0.2) is 0 Å². The molecule has 0 fully saturated rings. The summed E-state index contributed by atoms with van der Waals surface area (Å²) in [7, 11) is 0. The minimum Gasteiger partial charge on any atom is -0.456 e. The molecule has 4 rings (SSSR count). The third-order valence-corrected chi connectivity index (χ3v) is 5.71. The summed E-state index contributed by atoms with van der Waals surface area (Å²) in [6.07, 6.45) is 0. The molecule has 0 aliphatic heterocycles. The molecule has 0 atom stereocenters. The van der Waals surface area contributed by atoms with Gasteiger partial charge in [0.05, 0.1) is 32.3 Å². The number of hydrogen-bond acceptors (Lipinski definition) is 6. The Morgan fingerprint density at radius 3 is 1.08 bits per heavy atom. The van der Waals surface area contributed by atoms with Crippen LogP contribution in [0.1, 0.15) is 22.3 Å². The molecule has 0 saturated heterocycles. The van der Waals surface area contributed by atoms with Crippen LogP contribution in [0.2, 0.25) is 10.0 Å². The van der Waals surface area contributed by atoms with Crippen molar-refractivity contribution in [2.75, 3.05) is 0 Å². The standard InChI is InChI=1S/C28H12Cl2N4O2/c29-25-9-19(13-31)21(15-33)11-27(25)35-23-5-1-17(2-6-23)18-3-7-24(8-4-18)36-28-12-22(16-34)20(14-32)10-26(28)30/h1-12H. The van der Waals surface area contributed by atoms with Gasteiger partial charge in [-0.2, -0.15) is 21.0 Å². The van der Waals surface area contributed by atoms with E-state index in [0.29, 0.717) is 11.5 Å². The van der Waals surface area contributed by atoms with E-state index in [-0.39, 0.29) is 43.8 Å². The normalized spacial score (nSPS) is 9.83. The van der Waals surface area contributed by atoms with Gasteiger partial charge in [-0.05, 0) is 47.5 Å². The van der Waals surface area contributed by atoms with E-state index >= 15 is 0 Å². The lowest BCUT2D eigenvalue weighted by Gasteiger charge is -2.11. The summed E-state index contributed by atoms with van der Waals surface area (Å²) in [5, 5.41) is 37.1. The van der Waals surface area contributed by atoms with Gasteiger partial charge in [0.25, 0.3) is 0 Å². The number of nitrogens with zero attached hydrogens (tertiary/aromatic N) is 4. The molecule has 0 aromatic heterocycles. The molecule has 8 heteroatoms. The quantitative estimate of drug-likeness (QED) is 0.273. The highest BCUT2D eigenvalue weighted by Gasteiger charge is 2.12. The molecule has 6 nitrogen and oxygen atoms in total. The lowest BCUT2D eigenvalue weighted by atomic mass is 10.1. The van der Waals surface area contributed by atoms with Gasteiger partial charge < -0.3 is 9.47 Å². The van der Waals surface area contributed by atoms with Crippen LogP contribution >= 0.6 is 23.2 Å². The molecule has 4 aromatic rings. The van der Waals surface area contributed by atoms with Gasteiger partial charge >= 0.3 is 0 Å². The van der Waals surface area contributed by atoms with Crippen molar-refractivity contribution in [1.82, 2.24) is 0 Å². The molecular weight excluding hydrogens is 495 g/mol. The van der Waals surface area contributed by atoms with Gasteiger partial charge in [0.2, 0.25) is 0 Å². The Kier molecular flexibility index (Phi) is 7.06. The monoisotopic (exact) mass is 506 g/mol. The van der Waals surface area contributed by atoms with Crippen LogP contribution in [0.3, 0.4) is 0 Å². The van der Waals surface area contributed by atoms with Crippen molar-refractivity contribution in [3.05, 3.63) is 105 Å². The number of nitriles is 4. The average molecular weight is 507 g/mol. The molecular formula is C28H12Cl2N4O2. The molecule has 0 N–H and O–H groups in total. The molecule has 0 spiro atoms. The third kappa shape index (κ3) is 5.07. The van der Waals surface area contributed by atoms with Gasteiger partial charge in [0.1, 0.15) is 47.3 Å². The highest BCUT2D eigenvalue weighted by molar-refractivity contribution is 6.32. The largest absolute Gasteiger partial charge is 0.456 e. The second-order valence-electron chi connectivity index (χ2n) is 7.36. The lowest BCUT2D eigenvalue weighted by molar-refractivity contribution is 0.482. The van der Waals surface area contributed by atoms with Crippen LogP contribution in [0.5, 0.6) is 23.0 Å². The first-order chi connectivity index (χ1) is 17.4. The Morgan fingerprint density at radius 1 is 0.472 bits per heavy atom. The maximum Gasteiger partial charge on any atom is 0.147 e. The van der Waals surface area contributed by atoms with Crippen molar-refractivity contribution in [3.63, 3.8) is 0 Å². The SMILES string of the molecule is N#Cc1cc(Cl)c(Oc2ccc(-c3ccc(Oc4cc(C#N)c(C#N)cc4Cl)cc3)cc2)cc1C#N. The van der Waals surface area contributed by atoms with Gasteiger partial charge in [-0.15, -0.1) is 0 Å². The van der Waals surface area contributed by atoms with E-state index in [9.17, 15) is 10.5 Å². The van der Waals surface area contributed by atoms with Gasteiger partial charge in [-0.1, -0.05) is 47.5 Å². The number of rotatable bonds is 5. The predicted molar refractivity (Wildman–Crippen MR) is 134 cm³/mol. The summed E-state index contributed by atoms with van der Waals surface area (Å²) in [4.78, 5) is 0. The van der Waals surface area contributed by atoms with E-state index < -0.39 is 0 Å². The maximum absolute atomic E-state index is 9.21. The van der Waals surface area contributed by atoms with Crippen LogP contribution in [-0.4, -0.2) is 0 Å². The Hall–Kier alpha value is -4.98. The topological polar surface area (TPSA) is 114 Å². The molecule has 0 unspecified atom stereocenters. The third-order valence-electron chi connectivity index (χ3n) is 5.12. The summed E-state index contributed by atoms with van der Waals surface area (Å²) >= 11 is 12.4. The van der Waals surface area contributed by atoms with Crippen molar-refractivity contribution in [2.45, 2.75) is 0 Å². The molecule has 0 saturated carbocycles. The Morgan fingerprint density at radius 2 is 0.778 bits per heavy atom. The highest BCUT2D eigenvalue weighted by Crippen LogP contribution is 2.35. The Balaban J connectivity index is 1.50. The van der Waals surface area contributed by atoms with E-state index in [2.05, 4.69) is 0 Å². The van der Waals surface area contributed by atoms with E-state index in [1.807, 2.05) is 48.5 Å². The van der Waals surface area contributed by atoms with Gasteiger partial charge in [-0.3, -0.25) is 0 Å². The summed E-state index contributed by atoms with van der Waals surface area (Å²) < 4.78 is 11.6. The van der Waals surface area contributed by atoms with Crippen LogP contribution in [0.4, 0.5) is 0 Å². The molecule has 0 amide bonds. The van der Waals surface area contributed by atoms with Crippen molar-refractivity contribution in [2.24, 2.45) is 0 Å². The summed E-state index contributed by atoms with van der Waals surface area (Å²) in [6, 6.07) is 28.0. The number of halogens is 2. The van der Waals surface area contributed by atoms with Crippen LogP contribution < -0.4 is 9.47 Å². The first-order valence-corrected chi connectivity index (χ1v) is 11.0. The molecule has 0 aliphatic rings. The Bertz CT molecular complexity index is 1510. The highest BCUT2D eigenvalue weighted by atomic mass is 35.5. The minimum absolute atomic E-state index is 0.182. The fourth-order valence-corrected chi connectivity index (χ4v) is 3.72. The van der Waals surface area contributed by atoms with Crippen molar-refractivity contribution < 1.29 is 9.47 Å². The van der Waals surface area contributed by atoms with Crippen LogP contribution in [-0.2, 0) is 0 Å². The zero-order valence-electron chi connectivity index (χ0n) is 18.3. The van der Waals surface area contributed by atoms with E-state index in [1.54, 1.807) is 24.3 Å². The zero-order chi connectivity index (χ0) is 25.7. The molecule has 4 aromatic carbocycles. The molecule has 0 radical (unpaired) electrons. The van der Waals surface area contributed by atoms with Gasteiger partial charge in [-0.25, -0.2) is 0 Å². The van der Waals surface area contributed by atoms with Crippen molar-refractivity contribution in [3.8, 4) is 58.4 Å². The van der Waals surface area contributed by atoms with Crippen molar-refractivity contribution in [1.29, 1.82) is 21.0 Å². The summed E-state index contributed by atoms with van der Waals surface area (Å²) in [5.74, 6) is 1.58. The van der Waals surface area contributed by atoms with E-state index in [4.69, 9.17) is 43.2 Å². The molecule has 36 heavy (non-hydrogen) atoms. The molecule has 0 bridgehead atoms. The Labute approximate surface area is 216 Å². The van der Waals surface area contributed by atoms with Crippen molar-refractivity contribution >= 4 is 23.2 Å². The number of benzene rings is 4. The van der Waals surface area contributed by atoms with Crippen LogP contribution in [0, 0.1) is 45.3 Å². The predicted octanol–water partition coefficient (Wildman–Crippen LogP) is 7.73. The summed E-state index contributed by atoms with van der Waals surface area (Å²) in [5.41, 5.74) is 2.57. The van der Waals surface area contributed by atoms with Crippen LogP contribution in [0.15, 0.2) is 72.8 Å². The first kappa shape index (κ1) is 24.2. The fourth-order valence-electron chi connectivity index (χ4n) is 3.32. The lowest BCUT2D eigenvalue weighted by Crippen LogP contribution is -1.91. The first-order valence-electron chi connectivity index (χ1n) is 10.3. The zero-order valence-corrected chi connectivity index (χ0v) is 19.8.